The predicted molar refractivity (Wildman–Crippen MR) is 225 cm³/mol. The Bertz CT molecular complexity index is 3220. The van der Waals surface area contributed by atoms with Gasteiger partial charge in [-0.25, -0.2) is 15.0 Å². The zero-order chi connectivity index (χ0) is 35.6. The van der Waals surface area contributed by atoms with Crippen molar-refractivity contribution in [2.75, 3.05) is 0 Å². The third kappa shape index (κ3) is 5.01. The summed E-state index contributed by atoms with van der Waals surface area (Å²) in [6, 6.07) is 61.3. The fourth-order valence-electron chi connectivity index (χ4n) is 7.70. The first-order valence-electron chi connectivity index (χ1n) is 18.0. The van der Waals surface area contributed by atoms with Crippen LogP contribution < -0.4 is 0 Å². The van der Waals surface area contributed by atoms with Crippen molar-refractivity contribution in [3.05, 3.63) is 176 Å². The summed E-state index contributed by atoms with van der Waals surface area (Å²) in [6.07, 6.45) is 0. The Kier molecular flexibility index (Phi) is 7.00. The molecule has 0 aliphatic rings. The minimum atomic E-state index is 0.722. The maximum Gasteiger partial charge on any atom is 0.162 e. The van der Waals surface area contributed by atoms with E-state index in [1.807, 2.05) is 24.3 Å². The van der Waals surface area contributed by atoms with E-state index in [0.29, 0.717) is 0 Å². The molecule has 0 bridgehead atoms. The van der Waals surface area contributed by atoms with Gasteiger partial charge in [0.1, 0.15) is 11.3 Å². The number of aromatic nitrogens is 3. The van der Waals surface area contributed by atoms with Crippen LogP contribution in [-0.2, 0) is 0 Å². The molecule has 0 atom stereocenters. The maximum atomic E-state index is 6.50. The molecular formula is C49H29N3OS. The molecule has 4 nitrogen and oxygen atoms in total. The van der Waals surface area contributed by atoms with E-state index in [1.54, 1.807) is 11.3 Å². The molecular weight excluding hydrogens is 679 g/mol. The number of pyridine rings is 1. The van der Waals surface area contributed by atoms with Crippen molar-refractivity contribution in [2.45, 2.75) is 0 Å². The molecule has 0 saturated carbocycles. The van der Waals surface area contributed by atoms with Gasteiger partial charge < -0.3 is 4.42 Å². The molecule has 0 aliphatic carbocycles. The van der Waals surface area contributed by atoms with Gasteiger partial charge in [-0.05, 0) is 47.5 Å². The van der Waals surface area contributed by atoms with Crippen LogP contribution in [0.15, 0.2) is 180 Å². The van der Waals surface area contributed by atoms with Crippen LogP contribution >= 0.6 is 11.3 Å². The Morgan fingerprint density at radius 2 is 1.06 bits per heavy atom. The van der Waals surface area contributed by atoms with E-state index in [-0.39, 0.29) is 0 Å². The van der Waals surface area contributed by atoms with Crippen LogP contribution in [0.25, 0.3) is 109 Å². The first-order valence-corrected chi connectivity index (χ1v) is 18.8. The monoisotopic (exact) mass is 707 g/mol. The number of furan rings is 1. The molecule has 11 aromatic rings. The number of nitrogens with zero attached hydrogens (tertiary/aromatic N) is 3. The number of hydrogen-bond acceptors (Lipinski definition) is 5. The van der Waals surface area contributed by atoms with Crippen molar-refractivity contribution in [3.8, 4) is 56.3 Å². The van der Waals surface area contributed by atoms with E-state index in [0.717, 1.165) is 89.1 Å². The zero-order valence-electron chi connectivity index (χ0n) is 28.9. The molecule has 11 rings (SSSR count). The highest BCUT2D eigenvalue weighted by atomic mass is 32.1. The molecule has 0 N–H and O–H groups in total. The molecule has 0 saturated heterocycles. The van der Waals surface area contributed by atoms with E-state index in [2.05, 4.69) is 152 Å². The Morgan fingerprint density at radius 3 is 1.91 bits per heavy atom. The standard InChI is InChI=1S/C49H29N3OS/c1-2-12-31(13-3-1)41-29-42(52-49(51-41)39-20-11-19-36-35-16-6-9-23-44(35)54-48(36)39)32-26-24-30(25-27-32)33-14-10-15-34(28-33)46-47-45(37-17-4-7-21-40(37)50-46)38-18-5-8-22-43(38)53-47/h1-29H. The predicted octanol–water partition coefficient (Wildman–Crippen LogP) is 13.6. The van der Waals surface area contributed by atoms with Crippen molar-refractivity contribution >= 4 is 64.4 Å². The molecule has 4 heterocycles. The van der Waals surface area contributed by atoms with Crippen molar-refractivity contribution < 1.29 is 4.42 Å². The average Bonchev–Trinajstić information content (AvgIpc) is 3.83. The molecule has 252 valence electrons. The lowest BCUT2D eigenvalue weighted by Gasteiger charge is -2.11. The summed E-state index contributed by atoms with van der Waals surface area (Å²) in [5, 5.41) is 5.79. The molecule has 0 radical (unpaired) electrons. The lowest BCUT2D eigenvalue weighted by atomic mass is 9.98. The highest BCUT2D eigenvalue weighted by Gasteiger charge is 2.19. The molecule has 0 amide bonds. The molecule has 54 heavy (non-hydrogen) atoms. The molecule has 5 heteroatoms. The van der Waals surface area contributed by atoms with Crippen LogP contribution in [0.3, 0.4) is 0 Å². The Hall–Kier alpha value is -6.95. The number of benzene rings is 7. The quantitative estimate of drug-likeness (QED) is 0.179. The number of thiophene rings is 1. The third-order valence-electron chi connectivity index (χ3n) is 10.3. The van der Waals surface area contributed by atoms with E-state index in [9.17, 15) is 0 Å². The van der Waals surface area contributed by atoms with Crippen LogP contribution in [0, 0.1) is 0 Å². The second kappa shape index (κ2) is 12.3. The maximum absolute atomic E-state index is 6.50. The van der Waals surface area contributed by atoms with Crippen molar-refractivity contribution in [1.82, 2.24) is 15.0 Å². The zero-order valence-corrected chi connectivity index (χ0v) is 29.7. The Balaban J connectivity index is 1.01. The van der Waals surface area contributed by atoms with Gasteiger partial charge in [-0.1, -0.05) is 140 Å². The van der Waals surface area contributed by atoms with Crippen LogP contribution in [0.1, 0.15) is 0 Å². The minimum Gasteiger partial charge on any atom is -0.454 e. The summed E-state index contributed by atoms with van der Waals surface area (Å²) < 4.78 is 8.97. The smallest absolute Gasteiger partial charge is 0.162 e. The highest BCUT2D eigenvalue weighted by Crippen LogP contribution is 2.42. The van der Waals surface area contributed by atoms with Crippen LogP contribution in [-0.4, -0.2) is 15.0 Å². The minimum absolute atomic E-state index is 0.722. The van der Waals surface area contributed by atoms with Gasteiger partial charge in [0.2, 0.25) is 0 Å². The lowest BCUT2D eigenvalue weighted by molar-refractivity contribution is 0.669. The molecule has 7 aromatic carbocycles. The van der Waals surface area contributed by atoms with Gasteiger partial charge in [-0.2, -0.15) is 0 Å². The van der Waals surface area contributed by atoms with Gasteiger partial charge in [0.05, 0.1) is 16.9 Å². The number of hydrogen-bond donors (Lipinski definition) is 0. The van der Waals surface area contributed by atoms with Crippen LogP contribution in [0.4, 0.5) is 0 Å². The van der Waals surface area contributed by atoms with Gasteiger partial charge in [0.15, 0.2) is 11.4 Å². The van der Waals surface area contributed by atoms with Gasteiger partial charge in [0.25, 0.3) is 0 Å². The first kappa shape index (κ1) is 30.7. The molecule has 0 aliphatic heterocycles. The average molecular weight is 708 g/mol. The first-order chi connectivity index (χ1) is 26.7. The number of fused-ring (bicyclic) bond motifs is 8. The third-order valence-corrected chi connectivity index (χ3v) is 11.5. The highest BCUT2D eigenvalue weighted by molar-refractivity contribution is 7.26. The Morgan fingerprint density at radius 1 is 0.426 bits per heavy atom. The van der Waals surface area contributed by atoms with Crippen molar-refractivity contribution in [2.24, 2.45) is 0 Å². The van der Waals surface area contributed by atoms with Gasteiger partial charge in [-0.15, -0.1) is 11.3 Å². The summed E-state index contributed by atoms with van der Waals surface area (Å²) in [5.41, 5.74) is 11.6. The van der Waals surface area contributed by atoms with Crippen LogP contribution in [0.2, 0.25) is 0 Å². The Labute approximate surface area is 314 Å². The normalized spacial score (nSPS) is 11.7. The van der Waals surface area contributed by atoms with Crippen LogP contribution in [0.5, 0.6) is 0 Å². The molecule has 0 spiro atoms. The number of rotatable bonds is 5. The molecule has 4 aromatic heterocycles. The van der Waals surface area contributed by atoms with E-state index >= 15 is 0 Å². The fraction of sp³-hybridized carbons (Fsp3) is 0. The summed E-state index contributed by atoms with van der Waals surface area (Å²) in [4.78, 5) is 15.5. The van der Waals surface area contributed by atoms with Crippen molar-refractivity contribution in [1.29, 1.82) is 0 Å². The van der Waals surface area contributed by atoms with Crippen molar-refractivity contribution in [3.63, 3.8) is 0 Å². The van der Waals surface area contributed by atoms with E-state index < -0.39 is 0 Å². The molecule has 0 unspecified atom stereocenters. The van der Waals surface area contributed by atoms with Gasteiger partial charge in [-0.3, -0.25) is 0 Å². The SMILES string of the molecule is c1ccc(-c2cc(-c3ccc(-c4cccc(-c5nc6ccccc6c6c5oc5ccccc56)c4)cc3)nc(-c3cccc4c3sc3ccccc34)n2)cc1. The summed E-state index contributed by atoms with van der Waals surface area (Å²) in [6.45, 7) is 0. The van der Waals surface area contributed by atoms with Gasteiger partial charge in [0, 0.05) is 58.6 Å². The summed E-state index contributed by atoms with van der Waals surface area (Å²) in [5.74, 6) is 0.722. The largest absolute Gasteiger partial charge is 0.454 e. The summed E-state index contributed by atoms with van der Waals surface area (Å²) in [7, 11) is 0. The lowest BCUT2D eigenvalue weighted by Crippen LogP contribution is -1.96. The number of para-hydroxylation sites is 2. The topological polar surface area (TPSA) is 51.8 Å². The van der Waals surface area contributed by atoms with Gasteiger partial charge >= 0.3 is 0 Å². The second-order valence-electron chi connectivity index (χ2n) is 13.5. The summed E-state index contributed by atoms with van der Waals surface area (Å²) >= 11 is 1.80. The second-order valence-corrected chi connectivity index (χ2v) is 14.6. The molecule has 0 fully saturated rings. The fourth-order valence-corrected chi connectivity index (χ4v) is 8.92. The van der Waals surface area contributed by atoms with E-state index in [1.165, 1.54) is 20.2 Å². The van der Waals surface area contributed by atoms with E-state index in [4.69, 9.17) is 19.4 Å².